The largest absolute Gasteiger partial charge is 0.460 e. The van der Waals surface area contributed by atoms with Crippen molar-refractivity contribution in [3.8, 4) is 23.3 Å². The fraction of sp³-hybridized carbons (Fsp3) is 0.318. The van der Waals surface area contributed by atoms with E-state index >= 15 is 0 Å². The zero-order valence-electron chi connectivity index (χ0n) is 15.3. The van der Waals surface area contributed by atoms with Gasteiger partial charge in [0.25, 0.3) is 0 Å². The predicted molar refractivity (Wildman–Crippen MR) is 99.9 cm³/mol. The van der Waals surface area contributed by atoms with Crippen molar-refractivity contribution in [2.24, 2.45) is 5.92 Å². The monoisotopic (exact) mass is 346 g/mol. The van der Waals surface area contributed by atoms with Gasteiger partial charge in [-0.25, -0.2) is 0 Å². The van der Waals surface area contributed by atoms with Crippen molar-refractivity contribution in [2.75, 3.05) is 0 Å². The Morgan fingerprint density at radius 2 is 1.77 bits per heavy atom. The average molecular weight is 346 g/mol. The maximum absolute atomic E-state index is 11.9. The maximum atomic E-state index is 11.9. The minimum absolute atomic E-state index is 0.0831. The van der Waals surface area contributed by atoms with E-state index in [1.165, 1.54) is 0 Å². The van der Waals surface area contributed by atoms with Crippen molar-refractivity contribution in [3.05, 3.63) is 59.7 Å². The maximum Gasteiger partial charge on any atom is 0.307 e. The molecule has 132 valence electrons. The van der Waals surface area contributed by atoms with Crippen LogP contribution in [0.3, 0.4) is 0 Å². The van der Waals surface area contributed by atoms with Crippen LogP contribution >= 0.6 is 0 Å². The van der Waals surface area contributed by atoms with Gasteiger partial charge in [-0.3, -0.25) is 4.79 Å². The number of carbonyl (C=O) groups is 1. The molecule has 4 nitrogen and oxygen atoms in total. The lowest BCUT2D eigenvalue weighted by Gasteiger charge is -2.20. The van der Waals surface area contributed by atoms with Crippen LogP contribution in [0.15, 0.2) is 48.5 Å². The highest BCUT2D eigenvalue weighted by Gasteiger charge is 2.20. The average Bonchev–Trinajstić information content (AvgIpc) is 2.60. The molecule has 2 aromatic rings. The van der Waals surface area contributed by atoms with E-state index in [0.717, 1.165) is 16.7 Å². The number of hydrogen-bond acceptors (Lipinski definition) is 4. The minimum Gasteiger partial charge on any atom is -0.460 e. The number of ether oxygens (including phenoxy) is 1. The molecule has 0 saturated carbocycles. The van der Waals surface area contributed by atoms with Crippen LogP contribution in [-0.2, 0) is 16.0 Å². The van der Waals surface area contributed by atoms with Crippen LogP contribution in [0.2, 0.25) is 0 Å². The number of carbonyl (C=O) groups excluding carboxylic acids is 1. The molecule has 0 aliphatic rings. The van der Waals surface area contributed by atoms with Gasteiger partial charge in [0, 0.05) is 0 Å². The normalized spacial score (nSPS) is 11.9. The van der Waals surface area contributed by atoms with E-state index in [2.05, 4.69) is 12.1 Å². The van der Waals surface area contributed by atoms with Crippen LogP contribution in [0.4, 0.5) is 0 Å². The summed E-state index contributed by atoms with van der Waals surface area (Å²) in [4.78, 5) is 11.9. The molecule has 1 atom stereocenters. The molecule has 0 aliphatic carbocycles. The van der Waals surface area contributed by atoms with Crippen molar-refractivity contribution in [2.45, 2.75) is 39.2 Å². The standard InChI is InChI=1S/C22H22N2O2/c1-22(2,3)26-21(25)13-18(15-24)11-16-7-9-19(10-8-16)20-6-4-5-17(12-20)14-23/h4-10,12,18H,11,13H2,1-3H3/t18-/m1/s1. The SMILES string of the molecule is CC(C)(C)OC(=O)C[C@H](C#N)Cc1ccc(-c2cccc(C#N)c2)cc1. The van der Waals surface area contributed by atoms with Crippen molar-refractivity contribution < 1.29 is 9.53 Å². The smallest absolute Gasteiger partial charge is 0.307 e. The Labute approximate surface area is 154 Å². The molecule has 4 heteroatoms. The molecule has 0 heterocycles. The molecule has 0 amide bonds. The first-order valence-electron chi connectivity index (χ1n) is 8.51. The summed E-state index contributed by atoms with van der Waals surface area (Å²) in [5.74, 6) is -0.772. The lowest BCUT2D eigenvalue weighted by molar-refractivity contribution is -0.155. The minimum atomic E-state index is -0.545. The van der Waals surface area contributed by atoms with Crippen molar-refractivity contribution in [1.82, 2.24) is 0 Å². The third kappa shape index (κ3) is 5.76. The highest BCUT2D eigenvalue weighted by atomic mass is 16.6. The van der Waals surface area contributed by atoms with Gasteiger partial charge in [0.1, 0.15) is 5.60 Å². The second kappa shape index (κ2) is 8.32. The lowest BCUT2D eigenvalue weighted by atomic mass is 9.95. The van der Waals surface area contributed by atoms with Gasteiger partial charge >= 0.3 is 5.97 Å². The highest BCUT2D eigenvalue weighted by molar-refractivity contribution is 5.70. The van der Waals surface area contributed by atoms with Gasteiger partial charge in [-0.15, -0.1) is 0 Å². The van der Waals surface area contributed by atoms with E-state index in [0.29, 0.717) is 12.0 Å². The number of hydrogen-bond donors (Lipinski definition) is 0. The van der Waals surface area contributed by atoms with Crippen molar-refractivity contribution in [1.29, 1.82) is 10.5 Å². The summed E-state index contributed by atoms with van der Waals surface area (Å²) in [6.07, 6.45) is 0.577. The van der Waals surface area contributed by atoms with Crippen LogP contribution in [0.1, 0.15) is 38.3 Å². The number of esters is 1. The zero-order valence-corrected chi connectivity index (χ0v) is 15.3. The first-order chi connectivity index (χ1) is 12.3. The topological polar surface area (TPSA) is 73.9 Å². The summed E-state index contributed by atoms with van der Waals surface area (Å²) in [7, 11) is 0. The molecular weight excluding hydrogens is 324 g/mol. The zero-order chi connectivity index (χ0) is 19.2. The Morgan fingerprint density at radius 1 is 1.08 bits per heavy atom. The number of benzene rings is 2. The van der Waals surface area contributed by atoms with Crippen LogP contribution in [-0.4, -0.2) is 11.6 Å². The van der Waals surface area contributed by atoms with Crippen LogP contribution in [0.25, 0.3) is 11.1 Å². The summed E-state index contributed by atoms with van der Waals surface area (Å²) in [6.45, 7) is 5.44. The Hall–Kier alpha value is -3.11. The van der Waals surface area contributed by atoms with E-state index in [1.54, 1.807) is 6.07 Å². The molecule has 0 N–H and O–H groups in total. The predicted octanol–water partition coefficient (Wildman–Crippen LogP) is 4.64. The van der Waals surface area contributed by atoms with Gasteiger partial charge in [0.15, 0.2) is 0 Å². The molecule has 26 heavy (non-hydrogen) atoms. The van der Waals surface area contributed by atoms with E-state index < -0.39 is 11.5 Å². The molecule has 2 aromatic carbocycles. The van der Waals surface area contributed by atoms with Crippen LogP contribution < -0.4 is 0 Å². The molecule has 0 radical (unpaired) electrons. The van der Waals surface area contributed by atoms with Gasteiger partial charge in [0.05, 0.1) is 30.0 Å². The van der Waals surface area contributed by atoms with E-state index in [1.807, 2.05) is 63.2 Å². The third-order valence-corrected chi connectivity index (χ3v) is 3.78. The quantitative estimate of drug-likeness (QED) is 0.739. The number of rotatable bonds is 5. The Morgan fingerprint density at radius 3 is 2.35 bits per heavy atom. The van der Waals surface area contributed by atoms with Gasteiger partial charge < -0.3 is 4.74 Å². The summed E-state index contributed by atoms with van der Waals surface area (Å²) in [5, 5.41) is 18.3. The first kappa shape index (κ1) is 19.2. The fourth-order valence-electron chi connectivity index (χ4n) is 2.63. The molecule has 2 rings (SSSR count). The van der Waals surface area contributed by atoms with Gasteiger partial charge in [0.2, 0.25) is 0 Å². The van der Waals surface area contributed by atoms with E-state index in [9.17, 15) is 10.1 Å². The fourth-order valence-corrected chi connectivity index (χ4v) is 2.63. The molecule has 0 bridgehead atoms. The summed E-state index contributed by atoms with van der Waals surface area (Å²) >= 11 is 0. The second-order valence-electron chi connectivity index (χ2n) is 7.21. The highest BCUT2D eigenvalue weighted by Crippen LogP contribution is 2.22. The van der Waals surface area contributed by atoms with E-state index in [4.69, 9.17) is 10.00 Å². The molecule has 0 aromatic heterocycles. The van der Waals surface area contributed by atoms with Gasteiger partial charge in [-0.1, -0.05) is 36.4 Å². The Kier molecular flexibility index (Phi) is 6.15. The third-order valence-electron chi connectivity index (χ3n) is 3.78. The molecule has 0 spiro atoms. The van der Waals surface area contributed by atoms with Gasteiger partial charge in [-0.05, 0) is 56.0 Å². The molecule has 0 saturated heterocycles. The Bertz CT molecular complexity index is 849. The van der Waals surface area contributed by atoms with Crippen molar-refractivity contribution in [3.63, 3.8) is 0 Å². The summed E-state index contributed by atoms with van der Waals surface area (Å²) < 4.78 is 5.29. The molecular formula is C22H22N2O2. The molecule has 0 aliphatic heterocycles. The number of nitriles is 2. The summed E-state index contributed by atoms with van der Waals surface area (Å²) in [6, 6.07) is 19.6. The molecule has 0 unspecified atom stereocenters. The van der Waals surface area contributed by atoms with Gasteiger partial charge in [-0.2, -0.15) is 10.5 Å². The first-order valence-corrected chi connectivity index (χ1v) is 8.51. The summed E-state index contributed by atoms with van der Waals surface area (Å²) in [5.41, 5.74) is 3.04. The molecule has 0 fully saturated rings. The van der Waals surface area contributed by atoms with Crippen LogP contribution in [0.5, 0.6) is 0 Å². The van der Waals surface area contributed by atoms with Crippen molar-refractivity contribution >= 4 is 5.97 Å². The lowest BCUT2D eigenvalue weighted by Crippen LogP contribution is -2.25. The second-order valence-corrected chi connectivity index (χ2v) is 7.21. The van der Waals surface area contributed by atoms with E-state index in [-0.39, 0.29) is 12.4 Å². The number of nitrogens with zero attached hydrogens (tertiary/aromatic N) is 2. The Balaban J connectivity index is 2.04. The van der Waals surface area contributed by atoms with Crippen LogP contribution in [0, 0.1) is 28.6 Å².